The van der Waals surface area contributed by atoms with Crippen LogP contribution in [-0.4, -0.2) is 0 Å². The number of benzene rings is 11. The molecule has 344 valence electrons. The summed E-state index contributed by atoms with van der Waals surface area (Å²) < 4.78 is 0. The van der Waals surface area contributed by atoms with Gasteiger partial charge in [-0.25, -0.2) is 0 Å². The second-order valence-corrected chi connectivity index (χ2v) is 21.2. The van der Waals surface area contributed by atoms with E-state index in [1.54, 1.807) is 0 Å². The maximum absolute atomic E-state index is 2.57. The van der Waals surface area contributed by atoms with E-state index in [-0.39, 0.29) is 10.8 Å². The quantitative estimate of drug-likeness (QED) is 0.161. The first-order valence-corrected chi connectivity index (χ1v) is 25.8. The zero-order valence-corrected chi connectivity index (χ0v) is 41.2. The molecule has 0 heterocycles. The smallest absolute Gasteiger partial charge is 0.0726 e. The van der Waals surface area contributed by atoms with E-state index in [9.17, 15) is 0 Å². The summed E-state index contributed by atoms with van der Waals surface area (Å²) in [6.07, 6.45) is 0. The Hall–Kier alpha value is -8.78. The third kappa shape index (κ3) is 5.57. The molecule has 0 radical (unpaired) electrons. The second-order valence-electron chi connectivity index (χ2n) is 21.2. The molecule has 1 nitrogen and oxygen atoms in total. The zero-order chi connectivity index (χ0) is 48.6. The molecule has 0 fully saturated rings. The van der Waals surface area contributed by atoms with Crippen LogP contribution in [0.25, 0.3) is 66.8 Å². The topological polar surface area (TPSA) is 3.24 Å². The average molecular weight is 930 g/mol. The fraction of sp³-hybridized carbons (Fsp3) is 0.0833. The van der Waals surface area contributed by atoms with E-state index in [0.717, 1.165) is 17.1 Å². The maximum atomic E-state index is 2.57. The Balaban J connectivity index is 0.954. The highest BCUT2D eigenvalue weighted by Gasteiger charge is 2.52. The van der Waals surface area contributed by atoms with Gasteiger partial charge in [-0.05, 0) is 143 Å². The van der Waals surface area contributed by atoms with Crippen LogP contribution in [0.15, 0.2) is 255 Å². The van der Waals surface area contributed by atoms with Crippen LogP contribution in [0.1, 0.15) is 70.8 Å². The number of fused-ring (bicyclic) bond motifs is 16. The summed E-state index contributed by atoms with van der Waals surface area (Å²) in [5.41, 5.74) is 29.9. The molecule has 0 amide bonds. The Labute approximate surface area is 428 Å². The molecule has 1 atom stereocenters. The largest absolute Gasteiger partial charge is 0.309 e. The molecule has 0 N–H and O–H groups in total. The molecular weight excluding hydrogens is 879 g/mol. The lowest BCUT2D eigenvalue weighted by atomic mass is 9.70. The van der Waals surface area contributed by atoms with Gasteiger partial charge in [0.1, 0.15) is 0 Å². The number of nitrogens with zero attached hydrogens (tertiary/aromatic N) is 1. The van der Waals surface area contributed by atoms with Crippen LogP contribution in [0.2, 0.25) is 0 Å². The Morgan fingerprint density at radius 1 is 0.288 bits per heavy atom. The van der Waals surface area contributed by atoms with Crippen molar-refractivity contribution in [1.82, 2.24) is 0 Å². The highest BCUT2D eigenvalue weighted by Crippen LogP contribution is 2.65. The van der Waals surface area contributed by atoms with E-state index in [1.807, 2.05) is 0 Å². The molecule has 0 saturated carbocycles. The van der Waals surface area contributed by atoms with E-state index < -0.39 is 5.41 Å². The van der Waals surface area contributed by atoms with Crippen molar-refractivity contribution < 1.29 is 0 Å². The molecule has 0 aromatic heterocycles. The molecule has 0 bridgehead atoms. The van der Waals surface area contributed by atoms with Crippen molar-refractivity contribution in [3.63, 3.8) is 0 Å². The molecule has 15 rings (SSSR count). The molecular formula is C72H51N. The molecule has 4 aliphatic carbocycles. The van der Waals surface area contributed by atoms with E-state index in [0.29, 0.717) is 0 Å². The number of hydrogen-bond acceptors (Lipinski definition) is 1. The zero-order valence-electron chi connectivity index (χ0n) is 41.2. The van der Waals surface area contributed by atoms with Gasteiger partial charge < -0.3 is 4.90 Å². The summed E-state index contributed by atoms with van der Waals surface area (Å²) in [7, 11) is 0. The summed E-state index contributed by atoms with van der Waals surface area (Å²) in [6, 6.07) is 96.1. The van der Waals surface area contributed by atoms with Crippen LogP contribution in [0.5, 0.6) is 0 Å². The standard InChI is InChI=1S/C72H51N/c1-70(2)59-31-13-7-26-53(59)56-29-19-30-57(69(56)70)55-27-12-18-37-66(55)73(49-42-39-46(40-43-49)47-41-44-54-50-23-8-14-32-60(50)71(3,65(54)45-47)48-21-5-4-6-22-48)67-38-20-36-64-68(67)58-28-11-17-35-63(58)72(64)61-33-15-9-24-51(61)52-25-10-16-34-62(52)72/h4-45H,1-3H3. The minimum atomic E-state index is -0.471. The summed E-state index contributed by atoms with van der Waals surface area (Å²) in [6.45, 7) is 7.21. The van der Waals surface area contributed by atoms with Crippen molar-refractivity contribution in [2.75, 3.05) is 4.90 Å². The van der Waals surface area contributed by atoms with Gasteiger partial charge in [0.15, 0.2) is 0 Å². The molecule has 0 saturated heterocycles. The molecule has 1 unspecified atom stereocenters. The predicted octanol–water partition coefficient (Wildman–Crippen LogP) is 18.5. The predicted molar refractivity (Wildman–Crippen MR) is 303 cm³/mol. The van der Waals surface area contributed by atoms with Crippen molar-refractivity contribution in [1.29, 1.82) is 0 Å². The third-order valence-electron chi connectivity index (χ3n) is 17.4. The molecule has 1 spiro atoms. The van der Waals surface area contributed by atoms with Gasteiger partial charge in [0.05, 0.1) is 16.8 Å². The Kier molecular flexibility index (Phi) is 8.83. The van der Waals surface area contributed by atoms with E-state index in [1.165, 1.54) is 117 Å². The van der Waals surface area contributed by atoms with E-state index >= 15 is 0 Å². The Morgan fingerprint density at radius 3 is 1.40 bits per heavy atom. The maximum Gasteiger partial charge on any atom is 0.0726 e. The van der Waals surface area contributed by atoms with Crippen molar-refractivity contribution in [2.45, 2.75) is 37.0 Å². The minimum absolute atomic E-state index is 0.196. The van der Waals surface area contributed by atoms with Crippen LogP contribution in [0.4, 0.5) is 17.1 Å². The van der Waals surface area contributed by atoms with Gasteiger partial charge in [-0.1, -0.05) is 238 Å². The Bertz CT molecular complexity index is 4030. The van der Waals surface area contributed by atoms with Gasteiger partial charge in [0, 0.05) is 27.6 Å². The lowest BCUT2D eigenvalue weighted by Crippen LogP contribution is -2.26. The molecule has 4 aliphatic rings. The summed E-state index contributed by atoms with van der Waals surface area (Å²) in [5.74, 6) is 0. The van der Waals surface area contributed by atoms with Crippen LogP contribution in [0, 0.1) is 0 Å². The highest BCUT2D eigenvalue weighted by atomic mass is 15.1. The fourth-order valence-electron chi connectivity index (χ4n) is 14.2. The first-order chi connectivity index (χ1) is 35.9. The van der Waals surface area contributed by atoms with Crippen molar-refractivity contribution >= 4 is 17.1 Å². The molecule has 0 aliphatic heterocycles. The molecule has 11 aromatic rings. The van der Waals surface area contributed by atoms with E-state index in [2.05, 4.69) is 280 Å². The molecule has 73 heavy (non-hydrogen) atoms. The van der Waals surface area contributed by atoms with Crippen LogP contribution in [-0.2, 0) is 16.2 Å². The first kappa shape index (κ1) is 42.0. The van der Waals surface area contributed by atoms with Crippen molar-refractivity contribution in [2.24, 2.45) is 0 Å². The fourth-order valence-corrected chi connectivity index (χ4v) is 14.2. The number of anilines is 3. The number of para-hydroxylation sites is 1. The summed E-state index contributed by atoms with van der Waals surface area (Å²) >= 11 is 0. The van der Waals surface area contributed by atoms with Crippen molar-refractivity contribution in [3.8, 4) is 66.8 Å². The monoisotopic (exact) mass is 929 g/mol. The van der Waals surface area contributed by atoms with Gasteiger partial charge >= 0.3 is 0 Å². The lowest BCUT2D eigenvalue weighted by Gasteiger charge is -2.33. The van der Waals surface area contributed by atoms with Gasteiger partial charge in [-0.2, -0.15) is 0 Å². The summed E-state index contributed by atoms with van der Waals surface area (Å²) in [5, 5.41) is 0. The Morgan fingerprint density at radius 2 is 0.726 bits per heavy atom. The normalized spacial score (nSPS) is 16.2. The van der Waals surface area contributed by atoms with E-state index in [4.69, 9.17) is 0 Å². The van der Waals surface area contributed by atoms with Gasteiger partial charge in [0.2, 0.25) is 0 Å². The first-order valence-electron chi connectivity index (χ1n) is 25.8. The lowest BCUT2D eigenvalue weighted by molar-refractivity contribution is 0.662. The van der Waals surface area contributed by atoms with Crippen LogP contribution in [0.3, 0.4) is 0 Å². The van der Waals surface area contributed by atoms with Crippen LogP contribution < -0.4 is 4.90 Å². The van der Waals surface area contributed by atoms with Crippen molar-refractivity contribution in [3.05, 3.63) is 305 Å². The van der Waals surface area contributed by atoms with Crippen LogP contribution >= 0.6 is 0 Å². The van der Waals surface area contributed by atoms with Gasteiger partial charge in [0.25, 0.3) is 0 Å². The van der Waals surface area contributed by atoms with Gasteiger partial charge in [-0.15, -0.1) is 0 Å². The summed E-state index contributed by atoms with van der Waals surface area (Å²) in [4.78, 5) is 2.57. The molecule has 1 heteroatoms. The third-order valence-corrected chi connectivity index (χ3v) is 17.4. The van der Waals surface area contributed by atoms with Gasteiger partial charge in [-0.3, -0.25) is 0 Å². The highest BCUT2D eigenvalue weighted by molar-refractivity contribution is 6.03. The second kappa shape index (κ2) is 15.4. The minimum Gasteiger partial charge on any atom is -0.309 e. The average Bonchev–Trinajstić information content (AvgIpc) is 4.18. The number of rotatable bonds is 6. The number of hydrogen-bond donors (Lipinski definition) is 0. The molecule has 11 aromatic carbocycles. The SMILES string of the molecule is CC1(C)c2ccccc2-c2cccc(-c3ccccc3N(c3ccc(-c4ccc5c(c4)C(C)(c4ccccc4)c4ccccc4-5)cc3)c3cccc4c3-c3ccccc3C43c4ccccc4-c4ccccc43)c21.